The van der Waals surface area contributed by atoms with Crippen molar-refractivity contribution in [3.05, 3.63) is 57.4 Å². The summed E-state index contributed by atoms with van der Waals surface area (Å²) in [6.45, 7) is 6.22. The Morgan fingerprint density at radius 1 is 1.04 bits per heavy atom. The number of rotatable bonds is 6. The van der Waals surface area contributed by atoms with Gasteiger partial charge in [0.25, 0.3) is 0 Å². The Kier molecular flexibility index (Phi) is 5.38. The smallest absolute Gasteiger partial charge is 0.240 e. The van der Waals surface area contributed by atoms with Gasteiger partial charge in [0.2, 0.25) is 10.0 Å². The molecular weight excluding hydrogens is 372 g/mol. The summed E-state index contributed by atoms with van der Waals surface area (Å²) >= 11 is 3.07. The van der Waals surface area contributed by atoms with Crippen LogP contribution in [0.1, 0.15) is 21.0 Å². The summed E-state index contributed by atoms with van der Waals surface area (Å²) in [6.07, 6.45) is 0.668. The minimum absolute atomic E-state index is 0.353. The topological polar surface area (TPSA) is 59.1 Å². The van der Waals surface area contributed by atoms with Crippen molar-refractivity contribution in [2.75, 3.05) is 6.54 Å². The van der Waals surface area contributed by atoms with Gasteiger partial charge < -0.3 is 0 Å². The highest BCUT2D eigenvalue weighted by Crippen LogP contribution is 2.36. The number of thiophene rings is 1. The molecule has 3 aromatic rings. The third kappa shape index (κ3) is 4.17. The van der Waals surface area contributed by atoms with Crippen molar-refractivity contribution < 1.29 is 8.42 Å². The normalized spacial score (nSPS) is 11.8. The number of hydrogen-bond acceptors (Lipinski definition) is 5. The fourth-order valence-corrected chi connectivity index (χ4v) is 6.05. The zero-order valence-electron chi connectivity index (χ0n) is 14.4. The number of thiazole rings is 1. The van der Waals surface area contributed by atoms with Crippen molar-refractivity contribution in [1.82, 2.24) is 9.71 Å². The molecule has 0 amide bonds. The van der Waals surface area contributed by atoms with Crippen molar-refractivity contribution in [2.24, 2.45) is 0 Å². The molecule has 0 aliphatic rings. The molecule has 1 N–H and O–H groups in total. The lowest BCUT2D eigenvalue weighted by atomic mass is 10.2. The predicted molar refractivity (Wildman–Crippen MR) is 105 cm³/mol. The van der Waals surface area contributed by atoms with Gasteiger partial charge in [0, 0.05) is 16.3 Å². The first-order chi connectivity index (χ1) is 11.9. The SMILES string of the molecule is Cc1nc(-c2cc(S(=O)(=O)NCCc3ccccc3)c(C)s2)sc1C. The second-order valence-corrected chi connectivity index (χ2v) is 10.0. The van der Waals surface area contributed by atoms with Crippen molar-refractivity contribution in [1.29, 1.82) is 0 Å². The maximum atomic E-state index is 12.6. The molecule has 7 heteroatoms. The van der Waals surface area contributed by atoms with Gasteiger partial charge in [-0.3, -0.25) is 0 Å². The number of aromatic nitrogens is 1. The number of sulfonamides is 1. The average Bonchev–Trinajstić information content (AvgIpc) is 3.12. The van der Waals surface area contributed by atoms with E-state index in [9.17, 15) is 8.42 Å². The second-order valence-electron chi connectivity index (χ2n) is 5.83. The molecule has 0 aliphatic carbocycles. The van der Waals surface area contributed by atoms with E-state index in [1.54, 1.807) is 17.4 Å². The lowest BCUT2D eigenvalue weighted by molar-refractivity contribution is 0.581. The van der Waals surface area contributed by atoms with E-state index < -0.39 is 10.0 Å². The fraction of sp³-hybridized carbons (Fsp3) is 0.278. The standard InChI is InChI=1S/C18H20N2O2S3/c1-12-13(2)24-18(20-12)16-11-17(14(3)23-16)25(21,22)19-10-9-15-7-5-4-6-8-15/h4-8,11,19H,9-10H2,1-3H3. The van der Waals surface area contributed by atoms with E-state index >= 15 is 0 Å². The lowest BCUT2D eigenvalue weighted by Gasteiger charge is -2.06. The van der Waals surface area contributed by atoms with Crippen LogP contribution in [0.2, 0.25) is 0 Å². The average molecular weight is 393 g/mol. The molecule has 0 aliphatic heterocycles. The van der Waals surface area contributed by atoms with Gasteiger partial charge in [0.05, 0.1) is 15.5 Å². The largest absolute Gasteiger partial charge is 0.241 e. The molecule has 0 atom stereocenters. The number of benzene rings is 1. The minimum Gasteiger partial charge on any atom is -0.240 e. The molecular formula is C18H20N2O2S3. The summed E-state index contributed by atoms with van der Waals surface area (Å²) in [5.41, 5.74) is 2.11. The summed E-state index contributed by atoms with van der Waals surface area (Å²) in [7, 11) is -3.51. The van der Waals surface area contributed by atoms with Gasteiger partial charge in [-0.1, -0.05) is 30.3 Å². The van der Waals surface area contributed by atoms with Crippen molar-refractivity contribution in [3.63, 3.8) is 0 Å². The molecule has 1 aromatic carbocycles. The van der Waals surface area contributed by atoms with Crippen LogP contribution in [0.5, 0.6) is 0 Å². The molecule has 0 bridgehead atoms. The van der Waals surface area contributed by atoms with Gasteiger partial charge in [-0.05, 0) is 38.8 Å². The van der Waals surface area contributed by atoms with Gasteiger partial charge in [-0.25, -0.2) is 18.1 Å². The van der Waals surface area contributed by atoms with Crippen molar-refractivity contribution in [3.8, 4) is 9.88 Å². The van der Waals surface area contributed by atoms with Crippen LogP contribution in [-0.4, -0.2) is 19.9 Å². The molecule has 25 heavy (non-hydrogen) atoms. The summed E-state index contributed by atoms with van der Waals surface area (Å²) < 4.78 is 28.0. The molecule has 132 valence electrons. The molecule has 0 spiro atoms. The highest BCUT2D eigenvalue weighted by atomic mass is 32.2. The summed E-state index contributed by atoms with van der Waals surface area (Å²) in [6, 6.07) is 11.6. The van der Waals surface area contributed by atoms with Crippen LogP contribution >= 0.6 is 22.7 Å². The molecule has 2 heterocycles. The molecule has 2 aromatic heterocycles. The maximum absolute atomic E-state index is 12.6. The van der Waals surface area contributed by atoms with E-state index in [4.69, 9.17) is 0 Å². The summed E-state index contributed by atoms with van der Waals surface area (Å²) in [5, 5.41) is 0.883. The fourth-order valence-electron chi connectivity index (χ4n) is 2.47. The first-order valence-corrected chi connectivity index (χ1v) is 11.1. The van der Waals surface area contributed by atoms with Gasteiger partial charge in [0.1, 0.15) is 5.01 Å². The minimum atomic E-state index is -3.51. The van der Waals surface area contributed by atoms with Crippen LogP contribution in [-0.2, 0) is 16.4 Å². The molecule has 0 saturated heterocycles. The first kappa shape index (κ1) is 18.3. The van der Waals surface area contributed by atoms with E-state index in [1.807, 2.05) is 51.1 Å². The van der Waals surface area contributed by atoms with E-state index in [1.165, 1.54) is 11.3 Å². The van der Waals surface area contributed by atoms with E-state index in [-0.39, 0.29) is 0 Å². The quantitative estimate of drug-likeness (QED) is 0.680. The maximum Gasteiger partial charge on any atom is 0.241 e. The highest BCUT2D eigenvalue weighted by Gasteiger charge is 2.21. The number of aryl methyl sites for hydroxylation is 3. The Hall–Kier alpha value is -1.54. The Labute approximate surface area is 156 Å². The Morgan fingerprint density at radius 3 is 2.40 bits per heavy atom. The van der Waals surface area contributed by atoms with Gasteiger partial charge in [-0.2, -0.15) is 0 Å². The monoisotopic (exact) mass is 392 g/mol. The zero-order valence-corrected chi connectivity index (χ0v) is 16.8. The predicted octanol–water partition coefficient (Wildman–Crippen LogP) is 4.32. The molecule has 3 rings (SSSR count). The Balaban J connectivity index is 1.76. The van der Waals surface area contributed by atoms with Crippen LogP contribution in [0.4, 0.5) is 0 Å². The zero-order chi connectivity index (χ0) is 18.0. The Morgan fingerprint density at radius 2 is 1.76 bits per heavy atom. The first-order valence-electron chi connectivity index (χ1n) is 7.95. The lowest BCUT2D eigenvalue weighted by Crippen LogP contribution is -2.26. The van der Waals surface area contributed by atoms with Crippen LogP contribution in [0.25, 0.3) is 9.88 Å². The molecule has 4 nitrogen and oxygen atoms in total. The highest BCUT2D eigenvalue weighted by molar-refractivity contribution is 7.89. The third-order valence-corrected chi connectivity index (χ3v) is 7.96. The van der Waals surface area contributed by atoms with E-state index in [0.717, 1.165) is 30.9 Å². The summed E-state index contributed by atoms with van der Waals surface area (Å²) in [5.74, 6) is 0. The van der Waals surface area contributed by atoms with Gasteiger partial charge >= 0.3 is 0 Å². The molecule has 0 unspecified atom stereocenters. The number of nitrogens with zero attached hydrogens (tertiary/aromatic N) is 1. The van der Waals surface area contributed by atoms with Gasteiger partial charge in [0.15, 0.2) is 0 Å². The number of nitrogens with one attached hydrogen (secondary N) is 1. The molecule has 0 fully saturated rings. The van der Waals surface area contributed by atoms with Crippen LogP contribution in [0.15, 0.2) is 41.3 Å². The summed E-state index contributed by atoms with van der Waals surface area (Å²) in [4.78, 5) is 7.73. The Bertz CT molecular complexity index is 954. The van der Waals surface area contributed by atoms with Crippen LogP contribution in [0, 0.1) is 20.8 Å². The second kappa shape index (κ2) is 7.37. The molecule has 0 radical (unpaired) electrons. The molecule has 0 saturated carbocycles. The third-order valence-electron chi connectivity index (χ3n) is 3.95. The van der Waals surface area contributed by atoms with Crippen molar-refractivity contribution in [2.45, 2.75) is 32.1 Å². The van der Waals surface area contributed by atoms with Crippen LogP contribution in [0.3, 0.4) is 0 Å². The van der Waals surface area contributed by atoms with Crippen LogP contribution < -0.4 is 4.72 Å². The number of hydrogen-bond donors (Lipinski definition) is 1. The van der Waals surface area contributed by atoms with Gasteiger partial charge in [-0.15, -0.1) is 22.7 Å². The van der Waals surface area contributed by atoms with E-state index in [0.29, 0.717) is 17.9 Å². The van der Waals surface area contributed by atoms with Crippen molar-refractivity contribution >= 4 is 32.7 Å². The van der Waals surface area contributed by atoms with E-state index in [2.05, 4.69) is 9.71 Å².